The molecule has 0 bridgehead atoms. The summed E-state index contributed by atoms with van der Waals surface area (Å²) < 4.78 is 1.19. The molecule has 2 aliphatic rings. The molecule has 1 aromatic heterocycles. The first-order valence-electron chi connectivity index (χ1n) is 10.7. The van der Waals surface area contributed by atoms with Gasteiger partial charge >= 0.3 is 0 Å². The van der Waals surface area contributed by atoms with Crippen LogP contribution < -0.4 is 10.2 Å². The molecule has 0 aliphatic carbocycles. The zero-order valence-electron chi connectivity index (χ0n) is 18.1. The third-order valence-electron chi connectivity index (χ3n) is 5.67. The predicted octanol–water partition coefficient (Wildman–Crippen LogP) is 2.18. The third kappa shape index (κ3) is 4.75. The second-order valence-corrected chi connectivity index (χ2v) is 10.4. The second kappa shape index (κ2) is 8.51. The molecule has 2 aliphatic heterocycles. The maximum atomic E-state index is 13.0. The molecule has 1 atom stereocenters. The largest absolute Gasteiger partial charge is 0.353 e. The number of thiazole rings is 1. The van der Waals surface area contributed by atoms with Crippen molar-refractivity contribution in [3.05, 3.63) is 24.3 Å². The predicted molar refractivity (Wildman–Crippen MR) is 121 cm³/mol. The van der Waals surface area contributed by atoms with E-state index in [-0.39, 0.29) is 29.7 Å². The molecule has 3 heterocycles. The Morgan fingerprint density at radius 2 is 1.90 bits per heavy atom. The Bertz CT molecular complexity index is 881. The molecule has 162 valence electrons. The average Bonchev–Trinajstić information content (AvgIpc) is 3.14. The van der Waals surface area contributed by atoms with Crippen LogP contribution in [0.4, 0.5) is 5.13 Å². The zero-order chi connectivity index (χ0) is 21.3. The van der Waals surface area contributed by atoms with E-state index in [1.807, 2.05) is 23.1 Å². The third-order valence-corrected chi connectivity index (χ3v) is 6.77. The number of nitrogens with one attached hydrogen (secondary N) is 1. The molecule has 2 aromatic rings. The molecule has 1 unspecified atom stereocenters. The molecule has 2 amide bonds. The summed E-state index contributed by atoms with van der Waals surface area (Å²) in [4.78, 5) is 36.6. The highest BCUT2D eigenvalue weighted by Crippen LogP contribution is 2.29. The van der Waals surface area contributed by atoms with Crippen LogP contribution in [0.2, 0.25) is 0 Å². The van der Waals surface area contributed by atoms with E-state index in [1.54, 1.807) is 11.3 Å². The van der Waals surface area contributed by atoms with Crippen LogP contribution in [-0.2, 0) is 9.59 Å². The Hall–Kier alpha value is -2.19. The molecule has 2 saturated heterocycles. The van der Waals surface area contributed by atoms with Crippen LogP contribution in [0.3, 0.4) is 0 Å². The minimum absolute atomic E-state index is 0.0213. The molecule has 1 N–H and O–H groups in total. The molecular formula is C22H31N5O2S. The molecule has 7 nitrogen and oxygen atoms in total. The topological polar surface area (TPSA) is 68.8 Å². The maximum absolute atomic E-state index is 13.0. The monoisotopic (exact) mass is 429 g/mol. The van der Waals surface area contributed by atoms with Crippen molar-refractivity contribution in [3.63, 3.8) is 0 Å². The van der Waals surface area contributed by atoms with Gasteiger partial charge in [0.05, 0.1) is 22.7 Å². The number of fused-ring (bicyclic) bond motifs is 1. The van der Waals surface area contributed by atoms with Crippen molar-refractivity contribution in [2.24, 2.45) is 5.41 Å². The minimum Gasteiger partial charge on any atom is -0.353 e. The van der Waals surface area contributed by atoms with Crippen molar-refractivity contribution in [3.8, 4) is 0 Å². The number of hydrogen-bond acceptors (Lipinski definition) is 6. The molecule has 0 radical (unpaired) electrons. The standard InChI is InChI=1S/C22H31N5O2S/c1-22(2,3)15-27-9-8-23-20(29)17(27)14-19(28)25-10-12-26(13-11-25)21-24-16-6-4-5-7-18(16)30-21/h4-7,17H,8-15H2,1-3H3,(H,23,29). The number of hydrogen-bond donors (Lipinski definition) is 1. The van der Waals surface area contributed by atoms with E-state index < -0.39 is 0 Å². The van der Waals surface area contributed by atoms with Gasteiger partial charge in [-0.15, -0.1) is 0 Å². The van der Waals surface area contributed by atoms with E-state index in [2.05, 4.69) is 42.0 Å². The van der Waals surface area contributed by atoms with Crippen LogP contribution in [0.15, 0.2) is 24.3 Å². The number of carbonyl (C=O) groups is 2. The SMILES string of the molecule is CC(C)(C)CN1CCNC(=O)C1CC(=O)N1CCN(c2nc3ccccc3s2)CC1. The molecule has 4 rings (SSSR count). The van der Waals surface area contributed by atoms with E-state index in [1.165, 1.54) is 4.70 Å². The van der Waals surface area contributed by atoms with Gasteiger partial charge in [0, 0.05) is 45.8 Å². The fourth-order valence-corrected chi connectivity index (χ4v) is 5.24. The van der Waals surface area contributed by atoms with Crippen molar-refractivity contribution in [1.29, 1.82) is 0 Å². The first-order chi connectivity index (χ1) is 14.3. The van der Waals surface area contributed by atoms with Crippen molar-refractivity contribution >= 4 is 38.5 Å². The highest BCUT2D eigenvalue weighted by molar-refractivity contribution is 7.22. The number of benzene rings is 1. The summed E-state index contributed by atoms with van der Waals surface area (Å²) in [5, 5.41) is 3.95. The number of nitrogens with zero attached hydrogens (tertiary/aromatic N) is 4. The van der Waals surface area contributed by atoms with Gasteiger partial charge in [0.2, 0.25) is 11.8 Å². The van der Waals surface area contributed by atoms with E-state index >= 15 is 0 Å². The lowest BCUT2D eigenvalue weighted by molar-refractivity contribution is -0.139. The van der Waals surface area contributed by atoms with E-state index in [4.69, 9.17) is 4.98 Å². The summed E-state index contributed by atoms with van der Waals surface area (Å²) in [5.74, 6) is 0.0480. The summed E-state index contributed by atoms with van der Waals surface area (Å²) in [6.07, 6.45) is 0.253. The van der Waals surface area contributed by atoms with E-state index in [0.29, 0.717) is 19.6 Å². The van der Waals surface area contributed by atoms with E-state index in [9.17, 15) is 9.59 Å². The number of anilines is 1. The van der Waals surface area contributed by atoms with E-state index in [0.717, 1.165) is 36.8 Å². The average molecular weight is 430 g/mol. The highest BCUT2D eigenvalue weighted by Gasteiger charge is 2.35. The quantitative estimate of drug-likeness (QED) is 0.807. The number of amides is 2. The zero-order valence-corrected chi connectivity index (χ0v) is 18.9. The van der Waals surface area contributed by atoms with Gasteiger partial charge in [-0.2, -0.15) is 0 Å². The van der Waals surface area contributed by atoms with Crippen LogP contribution in [0.1, 0.15) is 27.2 Å². The van der Waals surface area contributed by atoms with Gasteiger partial charge in [-0.25, -0.2) is 4.98 Å². The van der Waals surface area contributed by atoms with Crippen LogP contribution in [0.5, 0.6) is 0 Å². The van der Waals surface area contributed by atoms with Gasteiger partial charge in [-0.05, 0) is 17.5 Å². The Labute approximate surface area is 182 Å². The maximum Gasteiger partial charge on any atom is 0.237 e. The summed E-state index contributed by atoms with van der Waals surface area (Å²) in [7, 11) is 0. The molecule has 30 heavy (non-hydrogen) atoms. The summed E-state index contributed by atoms with van der Waals surface area (Å²) in [6, 6.07) is 7.80. The molecule has 2 fully saturated rings. The van der Waals surface area contributed by atoms with Gasteiger partial charge < -0.3 is 15.1 Å². The van der Waals surface area contributed by atoms with Crippen molar-refractivity contribution in [2.45, 2.75) is 33.2 Å². The summed E-state index contributed by atoms with van der Waals surface area (Å²) >= 11 is 1.70. The molecule has 0 spiro atoms. The van der Waals surface area contributed by atoms with Crippen molar-refractivity contribution < 1.29 is 9.59 Å². The Balaban J connectivity index is 1.35. The Kier molecular flexibility index (Phi) is 5.97. The lowest BCUT2D eigenvalue weighted by Crippen LogP contribution is -2.59. The number of aromatic nitrogens is 1. The smallest absolute Gasteiger partial charge is 0.237 e. The first kappa shape index (κ1) is 21.1. The minimum atomic E-state index is -0.368. The van der Waals surface area contributed by atoms with Crippen LogP contribution in [0, 0.1) is 5.41 Å². The van der Waals surface area contributed by atoms with Crippen molar-refractivity contribution in [2.75, 3.05) is 50.7 Å². The molecular weight excluding hydrogens is 398 g/mol. The van der Waals surface area contributed by atoms with Gasteiger partial charge in [0.15, 0.2) is 5.13 Å². The normalized spacial score (nSPS) is 21.2. The first-order valence-corrected chi connectivity index (χ1v) is 11.5. The van der Waals surface area contributed by atoms with Gasteiger partial charge in [-0.3, -0.25) is 14.5 Å². The number of piperazine rings is 2. The van der Waals surface area contributed by atoms with Gasteiger partial charge in [0.25, 0.3) is 0 Å². The molecule has 0 saturated carbocycles. The Morgan fingerprint density at radius 1 is 1.17 bits per heavy atom. The van der Waals surface area contributed by atoms with Crippen LogP contribution >= 0.6 is 11.3 Å². The lowest BCUT2D eigenvalue weighted by Gasteiger charge is -2.40. The van der Waals surface area contributed by atoms with Crippen LogP contribution in [-0.4, -0.2) is 78.5 Å². The second-order valence-electron chi connectivity index (χ2n) is 9.37. The Morgan fingerprint density at radius 3 is 2.60 bits per heavy atom. The number of carbonyl (C=O) groups excluding carboxylic acids is 2. The summed E-state index contributed by atoms with van der Waals surface area (Å²) in [5.41, 5.74) is 1.11. The van der Waals surface area contributed by atoms with Crippen molar-refractivity contribution in [1.82, 2.24) is 20.1 Å². The van der Waals surface area contributed by atoms with Gasteiger partial charge in [-0.1, -0.05) is 44.2 Å². The number of para-hydroxylation sites is 1. The number of rotatable bonds is 4. The molecule has 1 aromatic carbocycles. The summed E-state index contributed by atoms with van der Waals surface area (Å²) in [6.45, 7) is 11.6. The molecule has 8 heteroatoms. The van der Waals surface area contributed by atoms with Crippen LogP contribution in [0.25, 0.3) is 10.2 Å². The van der Waals surface area contributed by atoms with Gasteiger partial charge in [0.1, 0.15) is 0 Å². The fraction of sp³-hybridized carbons (Fsp3) is 0.591. The highest BCUT2D eigenvalue weighted by atomic mass is 32.1. The lowest BCUT2D eigenvalue weighted by atomic mass is 9.94. The fourth-order valence-electron chi connectivity index (χ4n) is 4.22.